The Morgan fingerprint density at radius 3 is 2.28 bits per heavy atom. The highest BCUT2D eigenvalue weighted by molar-refractivity contribution is 5.94. The number of carbonyl (C=O) groups excluding carboxylic acids is 2. The van der Waals surface area contributed by atoms with Gasteiger partial charge in [-0.15, -0.1) is 0 Å². The number of methoxy groups -OCH3 is 1. The van der Waals surface area contributed by atoms with Gasteiger partial charge in [0.05, 0.1) is 7.11 Å². The Morgan fingerprint density at radius 1 is 0.828 bits per heavy atom. The van der Waals surface area contributed by atoms with Crippen LogP contribution in [0.4, 0.5) is 0 Å². The Morgan fingerprint density at radius 2 is 1.55 bits per heavy atom. The number of carbonyl (C=O) groups is 2. The van der Waals surface area contributed by atoms with Gasteiger partial charge in [-0.2, -0.15) is 0 Å². The third kappa shape index (κ3) is 5.45. The molecule has 0 aliphatic carbocycles. The van der Waals surface area contributed by atoms with Gasteiger partial charge in [0.2, 0.25) is 0 Å². The van der Waals surface area contributed by atoms with Gasteiger partial charge in [-0.3, -0.25) is 4.79 Å². The molecule has 0 aromatic heterocycles. The highest BCUT2D eigenvalue weighted by Gasteiger charge is 2.13. The first kappa shape index (κ1) is 20.1. The number of esters is 1. The predicted octanol–water partition coefficient (Wildman–Crippen LogP) is 4.47. The number of rotatable bonds is 8. The molecule has 0 aliphatic rings. The highest BCUT2D eigenvalue weighted by atomic mass is 16.6. The summed E-state index contributed by atoms with van der Waals surface area (Å²) in [6, 6.07) is 22.2. The fourth-order valence-electron chi connectivity index (χ4n) is 2.86. The minimum atomic E-state index is -0.525. The van der Waals surface area contributed by atoms with Crippen molar-refractivity contribution in [2.45, 2.75) is 13.3 Å². The van der Waals surface area contributed by atoms with E-state index in [1.807, 2.05) is 48.5 Å². The number of hydrogen-bond donors (Lipinski definition) is 0. The van der Waals surface area contributed by atoms with E-state index in [1.165, 1.54) is 14.0 Å². The topological polar surface area (TPSA) is 61.8 Å². The van der Waals surface area contributed by atoms with Gasteiger partial charge in [-0.05, 0) is 42.3 Å². The molecule has 3 rings (SSSR count). The van der Waals surface area contributed by atoms with Gasteiger partial charge < -0.3 is 14.2 Å². The van der Waals surface area contributed by atoms with Gasteiger partial charge >= 0.3 is 5.97 Å². The van der Waals surface area contributed by atoms with Crippen LogP contribution in [0.25, 0.3) is 0 Å². The Balaban J connectivity index is 1.65. The van der Waals surface area contributed by atoms with Crippen molar-refractivity contribution in [3.63, 3.8) is 0 Å². The summed E-state index contributed by atoms with van der Waals surface area (Å²) in [5.74, 6) is 0.651. The molecule has 0 amide bonds. The van der Waals surface area contributed by atoms with Gasteiger partial charge in [0.1, 0.15) is 5.75 Å². The van der Waals surface area contributed by atoms with Crippen molar-refractivity contribution in [1.29, 1.82) is 0 Å². The molecule has 0 spiro atoms. The van der Waals surface area contributed by atoms with E-state index in [0.29, 0.717) is 29.2 Å². The largest absolute Gasteiger partial charge is 0.493 e. The van der Waals surface area contributed by atoms with Crippen LogP contribution in [0.15, 0.2) is 72.8 Å². The molecule has 0 saturated heterocycles. The summed E-state index contributed by atoms with van der Waals surface area (Å²) in [6.45, 7) is 1.19. The van der Waals surface area contributed by atoms with Crippen molar-refractivity contribution in [1.82, 2.24) is 0 Å². The number of para-hydroxylation sites is 1. The van der Waals surface area contributed by atoms with Crippen LogP contribution < -0.4 is 14.2 Å². The number of ketones is 1. The molecule has 0 bridgehead atoms. The lowest BCUT2D eigenvalue weighted by atomic mass is 10.0. The summed E-state index contributed by atoms with van der Waals surface area (Å²) in [6.07, 6.45) is 0.658. The number of ether oxygens (including phenoxy) is 3. The second-order valence-corrected chi connectivity index (χ2v) is 6.45. The Bertz CT molecular complexity index is 995. The van der Waals surface area contributed by atoms with E-state index in [2.05, 4.69) is 0 Å². The normalized spacial score (nSPS) is 10.3. The maximum Gasteiger partial charge on any atom is 0.349 e. The van der Waals surface area contributed by atoms with Crippen LogP contribution in [0.3, 0.4) is 0 Å². The van der Waals surface area contributed by atoms with Gasteiger partial charge in [0, 0.05) is 12.0 Å². The van der Waals surface area contributed by atoms with Gasteiger partial charge in [0.15, 0.2) is 23.9 Å². The molecular formula is C24H22O5. The first-order valence-corrected chi connectivity index (χ1v) is 9.21. The van der Waals surface area contributed by atoms with Crippen molar-refractivity contribution in [3.8, 4) is 17.2 Å². The van der Waals surface area contributed by atoms with Crippen molar-refractivity contribution in [2.24, 2.45) is 0 Å². The first-order chi connectivity index (χ1) is 14.1. The van der Waals surface area contributed by atoms with Crippen LogP contribution in [0.1, 0.15) is 28.4 Å². The van der Waals surface area contributed by atoms with E-state index in [9.17, 15) is 9.59 Å². The molecule has 0 aliphatic heterocycles. The molecule has 0 atom stereocenters. The lowest BCUT2D eigenvalue weighted by Gasteiger charge is -2.13. The van der Waals surface area contributed by atoms with Crippen molar-refractivity contribution >= 4 is 11.8 Å². The molecule has 5 heteroatoms. The molecule has 0 fully saturated rings. The van der Waals surface area contributed by atoms with E-state index in [-0.39, 0.29) is 12.4 Å². The maximum atomic E-state index is 12.3. The van der Waals surface area contributed by atoms with E-state index in [0.717, 1.165) is 11.1 Å². The monoisotopic (exact) mass is 390 g/mol. The van der Waals surface area contributed by atoms with Crippen LogP contribution in [-0.4, -0.2) is 25.5 Å². The lowest BCUT2D eigenvalue weighted by molar-refractivity contribution is -0.136. The molecule has 0 heterocycles. The summed E-state index contributed by atoms with van der Waals surface area (Å²) in [5, 5.41) is 0. The fraction of sp³-hybridized carbons (Fsp3) is 0.167. The van der Waals surface area contributed by atoms with E-state index in [1.54, 1.807) is 24.3 Å². The average Bonchev–Trinajstić information content (AvgIpc) is 2.74. The number of benzene rings is 3. The van der Waals surface area contributed by atoms with Crippen molar-refractivity contribution in [2.75, 3.05) is 13.7 Å². The van der Waals surface area contributed by atoms with Crippen LogP contribution >= 0.6 is 0 Å². The summed E-state index contributed by atoms with van der Waals surface area (Å²) < 4.78 is 16.3. The summed E-state index contributed by atoms with van der Waals surface area (Å²) in [7, 11) is 1.48. The summed E-state index contributed by atoms with van der Waals surface area (Å²) in [4.78, 5) is 23.8. The molecule has 0 saturated carbocycles. The quantitative estimate of drug-likeness (QED) is 0.323. The summed E-state index contributed by atoms with van der Waals surface area (Å²) >= 11 is 0. The molecule has 0 unspecified atom stereocenters. The van der Waals surface area contributed by atoms with Crippen LogP contribution in [0.2, 0.25) is 0 Å². The highest BCUT2D eigenvalue weighted by Crippen LogP contribution is 2.28. The maximum absolute atomic E-state index is 12.3. The lowest BCUT2D eigenvalue weighted by Crippen LogP contribution is -2.18. The third-order valence-corrected chi connectivity index (χ3v) is 4.35. The molecule has 0 radical (unpaired) electrons. The second kappa shape index (κ2) is 9.55. The Labute approximate surface area is 169 Å². The molecular weight excluding hydrogens is 368 g/mol. The van der Waals surface area contributed by atoms with Gasteiger partial charge in [-0.1, -0.05) is 48.5 Å². The molecule has 3 aromatic carbocycles. The van der Waals surface area contributed by atoms with E-state index in [4.69, 9.17) is 14.2 Å². The molecule has 5 nitrogen and oxygen atoms in total. The molecule has 3 aromatic rings. The van der Waals surface area contributed by atoms with Crippen LogP contribution in [0, 0.1) is 0 Å². The fourth-order valence-corrected chi connectivity index (χ4v) is 2.86. The standard InChI is InChI=1S/C24H22O5/c1-17(25)19-12-13-22(23(15-19)27-2)28-16-24(26)29-21-11-7-6-10-20(21)14-18-8-4-3-5-9-18/h3-13,15H,14,16H2,1-2H3. The SMILES string of the molecule is COc1cc(C(C)=O)ccc1OCC(=O)Oc1ccccc1Cc1ccccc1. The Kier molecular flexibility index (Phi) is 6.63. The third-order valence-electron chi connectivity index (χ3n) is 4.35. The zero-order valence-corrected chi connectivity index (χ0v) is 16.4. The Hall–Kier alpha value is -3.60. The molecule has 0 N–H and O–H groups in total. The van der Waals surface area contributed by atoms with E-state index < -0.39 is 5.97 Å². The smallest absolute Gasteiger partial charge is 0.349 e. The first-order valence-electron chi connectivity index (χ1n) is 9.21. The summed E-state index contributed by atoms with van der Waals surface area (Å²) in [5.41, 5.74) is 2.55. The minimum Gasteiger partial charge on any atom is -0.493 e. The van der Waals surface area contributed by atoms with Crippen LogP contribution in [-0.2, 0) is 11.2 Å². The van der Waals surface area contributed by atoms with Crippen molar-refractivity contribution in [3.05, 3.63) is 89.5 Å². The van der Waals surface area contributed by atoms with Gasteiger partial charge in [-0.25, -0.2) is 4.79 Å². The average molecular weight is 390 g/mol. The predicted molar refractivity (Wildman–Crippen MR) is 110 cm³/mol. The van der Waals surface area contributed by atoms with E-state index >= 15 is 0 Å². The molecule has 148 valence electrons. The number of hydrogen-bond acceptors (Lipinski definition) is 5. The zero-order chi connectivity index (χ0) is 20.6. The van der Waals surface area contributed by atoms with Crippen molar-refractivity contribution < 1.29 is 23.8 Å². The number of Topliss-reactive ketones (excluding diaryl/α,β-unsaturated/α-hetero) is 1. The van der Waals surface area contributed by atoms with Crippen LogP contribution in [0.5, 0.6) is 17.2 Å². The van der Waals surface area contributed by atoms with Gasteiger partial charge in [0.25, 0.3) is 0 Å². The zero-order valence-electron chi connectivity index (χ0n) is 16.4. The second-order valence-electron chi connectivity index (χ2n) is 6.45. The molecule has 29 heavy (non-hydrogen) atoms. The minimum absolute atomic E-state index is 0.0794.